The Balaban J connectivity index is 1.72. The topological polar surface area (TPSA) is 150 Å². The number of aromatic hydroxyl groups is 1. The second kappa shape index (κ2) is 11.4. The molecule has 176 valence electrons. The molecule has 1 aromatic carbocycles. The lowest BCUT2D eigenvalue weighted by molar-refractivity contribution is -0.115. The van der Waals surface area contributed by atoms with Crippen LogP contribution in [-0.2, 0) is 19.1 Å². The number of hydrogen-bond acceptors (Lipinski definition) is 9. The van der Waals surface area contributed by atoms with Crippen LogP contribution in [0.15, 0.2) is 53.9 Å². The average Bonchev–Trinajstić information content (AvgIpc) is 3.58. The number of cyclic esters (lactones) is 1. The van der Waals surface area contributed by atoms with E-state index in [1.165, 1.54) is 49.9 Å². The van der Waals surface area contributed by atoms with Crippen molar-refractivity contribution in [1.29, 1.82) is 0 Å². The van der Waals surface area contributed by atoms with Gasteiger partial charge in [-0.2, -0.15) is 0 Å². The van der Waals surface area contributed by atoms with Crippen molar-refractivity contribution < 1.29 is 39.2 Å². The normalized spacial score (nSPS) is 28.5. The highest BCUT2D eigenvalue weighted by molar-refractivity contribution is 5.96. The molecular weight excluding hydrogens is 432 g/mol. The number of nitrogens with zero attached hydrogens (tertiary/aromatic N) is 1. The van der Waals surface area contributed by atoms with Gasteiger partial charge in [0.2, 0.25) is 5.91 Å². The van der Waals surface area contributed by atoms with Gasteiger partial charge in [0.05, 0.1) is 12.3 Å². The minimum Gasteiger partial charge on any atom is -0.507 e. The molecule has 5 atom stereocenters. The highest BCUT2D eigenvalue weighted by Crippen LogP contribution is 2.33. The number of amides is 1. The molecule has 1 fully saturated rings. The Labute approximate surface area is 190 Å². The van der Waals surface area contributed by atoms with E-state index < -0.39 is 42.4 Å². The van der Waals surface area contributed by atoms with Crippen LogP contribution in [0.1, 0.15) is 28.8 Å². The predicted molar refractivity (Wildman–Crippen MR) is 118 cm³/mol. The fourth-order valence-electron chi connectivity index (χ4n) is 3.39. The number of oxime groups is 1. The van der Waals surface area contributed by atoms with E-state index in [1.54, 1.807) is 18.2 Å². The maximum atomic E-state index is 12.8. The van der Waals surface area contributed by atoms with Gasteiger partial charge in [-0.1, -0.05) is 35.5 Å². The van der Waals surface area contributed by atoms with Gasteiger partial charge in [0, 0.05) is 25.1 Å². The quantitative estimate of drug-likeness (QED) is 0.162. The molecule has 0 spiro atoms. The molecule has 4 N–H and O–H groups in total. The lowest BCUT2D eigenvalue weighted by atomic mass is 10.00. The highest BCUT2D eigenvalue weighted by Gasteiger charge is 2.48. The standard InChI is InChI=1S/C23H26N2O8/c1-31-25-12-4-8-19(29)24-11-3-6-15-13-18(28)22-21(33-22)17(27)10-9-14-5-2-7-16(26)20(14)23(30)32-15/h2-5,7-12,15,17-18,21-22,26-28H,6,13H2,1H3,(H,24,29)/b8-4-,10-9+,11-3+,25-12-/t15?,17?,18?,21-,22+/m0/s1. The molecule has 2 aliphatic heterocycles. The molecule has 10 nitrogen and oxygen atoms in total. The number of carbonyl (C=O) groups is 2. The summed E-state index contributed by atoms with van der Waals surface area (Å²) in [6.45, 7) is 0. The highest BCUT2D eigenvalue weighted by atomic mass is 16.6. The number of allylic oxidation sites excluding steroid dienone is 1. The van der Waals surface area contributed by atoms with E-state index >= 15 is 0 Å². The Hall–Kier alpha value is -3.47. The SMILES string of the molecule is CO/N=C\C=C/C(=O)N/C=C/CC1CC(O)[C@H]2O[C@H]2C(O)/C=C/c2cccc(O)c2C(=O)O1. The first-order chi connectivity index (χ1) is 15.9. The summed E-state index contributed by atoms with van der Waals surface area (Å²) in [7, 11) is 1.38. The fraction of sp³-hybridized carbons (Fsp3) is 0.348. The second-order valence-corrected chi connectivity index (χ2v) is 7.43. The van der Waals surface area contributed by atoms with Crippen molar-refractivity contribution in [3.05, 3.63) is 59.8 Å². The third-order valence-corrected chi connectivity index (χ3v) is 5.05. The second-order valence-electron chi connectivity index (χ2n) is 7.43. The molecule has 3 unspecified atom stereocenters. The van der Waals surface area contributed by atoms with E-state index in [2.05, 4.69) is 15.3 Å². The molecular formula is C23H26N2O8. The molecule has 2 aliphatic rings. The van der Waals surface area contributed by atoms with Gasteiger partial charge in [-0.3, -0.25) is 4.79 Å². The molecule has 1 saturated heterocycles. The van der Waals surface area contributed by atoms with Crippen molar-refractivity contribution in [3.8, 4) is 5.75 Å². The van der Waals surface area contributed by atoms with Gasteiger partial charge < -0.3 is 34.9 Å². The molecule has 0 aromatic heterocycles. The number of carbonyl (C=O) groups excluding carboxylic acids is 2. The third-order valence-electron chi connectivity index (χ3n) is 5.05. The van der Waals surface area contributed by atoms with Gasteiger partial charge >= 0.3 is 5.97 Å². The summed E-state index contributed by atoms with van der Waals surface area (Å²) in [4.78, 5) is 29.0. The van der Waals surface area contributed by atoms with Gasteiger partial charge in [0.1, 0.15) is 42.8 Å². The van der Waals surface area contributed by atoms with E-state index in [9.17, 15) is 24.9 Å². The van der Waals surface area contributed by atoms with Crippen molar-refractivity contribution in [2.45, 2.75) is 43.4 Å². The lowest BCUT2D eigenvalue weighted by Crippen LogP contribution is -2.30. The van der Waals surface area contributed by atoms with Crippen LogP contribution in [0, 0.1) is 0 Å². The number of aliphatic hydroxyl groups excluding tert-OH is 2. The van der Waals surface area contributed by atoms with Crippen LogP contribution in [0.5, 0.6) is 5.75 Å². The number of hydrogen-bond donors (Lipinski definition) is 4. The van der Waals surface area contributed by atoms with Gasteiger partial charge in [0.25, 0.3) is 0 Å². The number of phenolic OH excluding ortho intramolecular Hbond substituents is 1. The first-order valence-electron chi connectivity index (χ1n) is 10.3. The van der Waals surface area contributed by atoms with Crippen LogP contribution >= 0.6 is 0 Å². The number of benzene rings is 1. The minimum atomic E-state index is -0.981. The maximum Gasteiger partial charge on any atom is 0.342 e. The van der Waals surface area contributed by atoms with Crippen LogP contribution in [0.2, 0.25) is 0 Å². The van der Waals surface area contributed by atoms with Gasteiger partial charge in [-0.05, 0) is 17.7 Å². The maximum absolute atomic E-state index is 12.8. The zero-order valence-corrected chi connectivity index (χ0v) is 17.9. The van der Waals surface area contributed by atoms with Gasteiger partial charge in [0.15, 0.2) is 0 Å². The Bertz CT molecular complexity index is 971. The molecule has 33 heavy (non-hydrogen) atoms. The third kappa shape index (κ3) is 6.75. The van der Waals surface area contributed by atoms with Gasteiger partial charge in [-0.15, -0.1) is 0 Å². The molecule has 1 amide bonds. The average molecular weight is 458 g/mol. The van der Waals surface area contributed by atoms with Crippen molar-refractivity contribution >= 4 is 24.2 Å². The summed E-state index contributed by atoms with van der Waals surface area (Å²) in [6, 6.07) is 4.55. The number of ether oxygens (including phenoxy) is 2. The summed E-state index contributed by atoms with van der Waals surface area (Å²) < 4.78 is 11.0. The lowest BCUT2D eigenvalue weighted by Gasteiger charge is -2.20. The number of epoxide rings is 1. The monoisotopic (exact) mass is 458 g/mol. The van der Waals surface area contributed by atoms with E-state index in [-0.39, 0.29) is 24.2 Å². The van der Waals surface area contributed by atoms with E-state index in [1.807, 2.05) is 0 Å². The Kier molecular flexibility index (Phi) is 8.36. The largest absolute Gasteiger partial charge is 0.507 e. The molecule has 2 heterocycles. The Morgan fingerprint density at radius 2 is 2.15 bits per heavy atom. The van der Waals surface area contributed by atoms with E-state index in [0.29, 0.717) is 5.56 Å². The van der Waals surface area contributed by atoms with Crippen LogP contribution in [0.3, 0.4) is 0 Å². The van der Waals surface area contributed by atoms with Crippen LogP contribution in [-0.4, -0.2) is 71.0 Å². The number of fused-ring (bicyclic) bond motifs is 2. The molecule has 0 bridgehead atoms. The van der Waals surface area contributed by atoms with Crippen LogP contribution < -0.4 is 5.32 Å². The van der Waals surface area contributed by atoms with Gasteiger partial charge in [-0.25, -0.2) is 4.79 Å². The first kappa shape index (κ1) is 24.2. The molecule has 10 heteroatoms. The van der Waals surface area contributed by atoms with Crippen LogP contribution in [0.25, 0.3) is 6.08 Å². The summed E-state index contributed by atoms with van der Waals surface area (Å²) in [5, 5.41) is 37.0. The molecule has 1 aromatic rings. The van der Waals surface area contributed by atoms with Crippen LogP contribution in [0.4, 0.5) is 0 Å². The molecule has 0 aliphatic carbocycles. The zero-order valence-electron chi connectivity index (χ0n) is 17.9. The summed E-state index contributed by atoms with van der Waals surface area (Å²) >= 11 is 0. The number of rotatable bonds is 6. The molecule has 0 saturated carbocycles. The van der Waals surface area contributed by atoms with E-state index in [0.717, 1.165) is 0 Å². The molecule has 0 radical (unpaired) electrons. The van der Waals surface area contributed by atoms with Crippen molar-refractivity contribution in [1.82, 2.24) is 5.32 Å². The number of phenols is 1. The number of esters is 1. The minimum absolute atomic E-state index is 0.0396. The molecule has 3 rings (SSSR count). The van der Waals surface area contributed by atoms with Crippen molar-refractivity contribution in [2.75, 3.05) is 7.11 Å². The predicted octanol–water partition coefficient (Wildman–Crippen LogP) is 1.03. The van der Waals surface area contributed by atoms with Crippen molar-refractivity contribution in [3.63, 3.8) is 0 Å². The number of aliphatic hydroxyl groups is 2. The van der Waals surface area contributed by atoms with E-state index in [4.69, 9.17) is 9.47 Å². The first-order valence-corrected chi connectivity index (χ1v) is 10.3. The van der Waals surface area contributed by atoms with Crippen molar-refractivity contribution in [2.24, 2.45) is 5.16 Å². The smallest absolute Gasteiger partial charge is 0.342 e. The summed E-state index contributed by atoms with van der Waals surface area (Å²) in [5.41, 5.74) is 0.331. The Morgan fingerprint density at radius 1 is 1.33 bits per heavy atom. The fourth-order valence-corrected chi connectivity index (χ4v) is 3.39. The Morgan fingerprint density at radius 3 is 2.94 bits per heavy atom. The number of nitrogens with one attached hydrogen (secondary N) is 1. The summed E-state index contributed by atoms with van der Waals surface area (Å²) in [6.07, 6.45) is 6.20. The zero-order chi connectivity index (χ0) is 23.8. The summed E-state index contributed by atoms with van der Waals surface area (Å²) in [5.74, 6) is -1.44.